The van der Waals surface area contributed by atoms with Crippen molar-refractivity contribution in [3.8, 4) is 0 Å². The molecular formula is C17H18N4O2S. The Kier molecular flexibility index (Phi) is 4.19. The molecule has 0 aliphatic carbocycles. The first kappa shape index (κ1) is 16.3. The third kappa shape index (κ3) is 3.35. The van der Waals surface area contributed by atoms with E-state index in [2.05, 4.69) is 41.3 Å². The number of aromatic nitrogens is 3. The largest absolute Gasteiger partial charge is 0.302 e. The minimum Gasteiger partial charge on any atom is -0.302 e. The third-order valence-corrected chi connectivity index (χ3v) is 4.38. The van der Waals surface area contributed by atoms with Gasteiger partial charge in [-0.2, -0.15) is 5.10 Å². The molecule has 0 radical (unpaired) electrons. The lowest BCUT2D eigenvalue weighted by molar-refractivity contribution is -0.115. The van der Waals surface area contributed by atoms with Crippen LogP contribution < -0.4 is 10.9 Å². The van der Waals surface area contributed by atoms with Gasteiger partial charge in [-0.25, -0.2) is 10.1 Å². The highest BCUT2D eigenvalue weighted by molar-refractivity contribution is 7.13. The van der Waals surface area contributed by atoms with Crippen LogP contribution in [0.25, 0.3) is 10.8 Å². The predicted octanol–water partition coefficient (Wildman–Crippen LogP) is 2.86. The van der Waals surface area contributed by atoms with Gasteiger partial charge < -0.3 is 5.32 Å². The van der Waals surface area contributed by atoms with Gasteiger partial charge in [-0.1, -0.05) is 39.0 Å². The van der Waals surface area contributed by atoms with E-state index in [0.717, 1.165) is 5.69 Å². The molecule has 0 aliphatic heterocycles. The average molecular weight is 342 g/mol. The smallest absolute Gasteiger partial charge is 0.272 e. The molecule has 0 fully saturated rings. The summed E-state index contributed by atoms with van der Waals surface area (Å²) in [5.41, 5.74) is 1.16. The number of hydrogen-bond acceptors (Lipinski definition) is 5. The van der Waals surface area contributed by atoms with Gasteiger partial charge in [0.1, 0.15) is 0 Å². The Morgan fingerprint density at radius 1 is 1.25 bits per heavy atom. The van der Waals surface area contributed by atoms with Gasteiger partial charge in [0.25, 0.3) is 5.56 Å². The highest BCUT2D eigenvalue weighted by Gasteiger charge is 2.18. The molecule has 1 amide bonds. The van der Waals surface area contributed by atoms with Crippen LogP contribution >= 0.6 is 11.3 Å². The maximum atomic E-state index is 12.3. The van der Waals surface area contributed by atoms with Gasteiger partial charge in [-0.15, -0.1) is 11.3 Å². The van der Waals surface area contributed by atoms with Crippen LogP contribution in [0.2, 0.25) is 0 Å². The minimum absolute atomic E-state index is 0.0594. The van der Waals surface area contributed by atoms with Crippen LogP contribution in [-0.4, -0.2) is 21.1 Å². The fourth-order valence-electron chi connectivity index (χ4n) is 2.30. The number of carbonyl (C=O) groups excluding carboxylic acids is 1. The fourth-order valence-corrected chi connectivity index (χ4v) is 3.25. The van der Waals surface area contributed by atoms with Crippen LogP contribution in [-0.2, 0) is 16.6 Å². The van der Waals surface area contributed by atoms with Crippen molar-refractivity contribution in [1.29, 1.82) is 0 Å². The fraction of sp³-hybridized carbons (Fsp3) is 0.294. The second-order valence-corrected chi connectivity index (χ2v) is 7.42. The lowest BCUT2D eigenvalue weighted by atomic mass is 9.93. The molecule has 6 nitrogen and oxygen atoms in total. The highest BCUT2D eigenvalue weighted by atomic mass is 32.1. The van der Waals surface area contributed by atoms with Gasteiger partial charge in [0, 0.05) is 16.2 Å². The molecule has 0 aliphatic rings. The van der Waals surface area contributed by atoms with Crippen LogP contribution in [0.3, 0.4) is 0 Å². The van der Waals surface area contributed by atoms with Crippen LogP contribution in [0.15, 0.2) is 34.4 Å². The molecule has 124 valence electrons. The summed E-state index contributed by atoms with van der Waals surface area (Å²) in [6.07, 6.45) is 0.0712. The monoisotopic (exact) mass is 342 g/mol. The summed E-state index contributed by atoms with van der Waals surface area (Å²) in [6.45, 7) is 6.22. The second-order valence-electron chi connectivity index (χ2n) is 6.56. The molecule has 2 aromatic heterocycles. The van der Waals surface area contributed by atoms with Gasteiger partial charge in [-0.3, -0.25) is 9.59 Å². The van der Waals surface area contributed by atoms with Gasteiger partial charge in [-0.05, 0) is 6.07 Å². The quantitative estimate of drug-likeness (QED) is 0.766. The molecule has 3 aromatic rings. The number of anilines is 1. The number of amides is 1. The van der Waals surface area contributed by atoms with Crippen LogP contribution in [0.1, 0.15) is 32.2 Å². The number of benzene rings is 1. The SMILES string of the molecule is CC(C)(C)c1csc(NC(=O)Cc2n[nH]c(=O)c3ccccc23)n1. The number of nitrogens with one attached hydrogen (secondary N) is 2. The van der Waals surface area contributed by atoms with Crippen molar-refractivity contribution in [2.24, 2.45) is 0 Å². The molecular weight excluding hydrogens is 324 g/mol. The third-order valence-electron chi connectivity index (χ3n) is 3.62. The molecule has 0 unspecified atom stereocenters. The maximum absolute atomic E-state index is 12.3. The zero-order valence-electron chi connectivity index (χ0n) is 13.7. The molecule has 2 heterocycles. The van der Waals surface area contributed by atoms with Crippen molar-refractivity contribution in [3.63, 3.8) is 0 Å². The van der Waals surface area contributed by atoms with Crippen LogP contribution in [0.4, 0.5) is 5.13 Å². The summed E-state index contributed by atoms with van der Waals surface area (Å²) in [6, 6.07) is 7.11. The Labute approximate surface area is 143 Å². The van der Waals surface area contributed by atoms with E-state index >= 15 is 0 Å². The molecule has 0 saturated heterocycles. The predicted molar refractivity (Wildman–Crippen MR) is 95.5 cm³/mol. The molecule has 0 saturated carbocycles. The van der Waals surface area contributed by atoms with Crippen molar-refractivity contribution >= 4 is 33.1 Å². The molecule has 2 N–H and O–H groups in total. The van der Waals surface area contributed by atoms with E-state index in [9.17, 15) is 9.59 Å². The van der Waals surface area contributed by atoms with Crippen molar-refractivity contribution in [3.05, 3.63) is 51.4 Å². The van der Waals surface area contributed by atoms with Gasteiger partial charge in [0.2, 0.25) is 5.91 Å². The molecule has 0 bridgehead atoms. The first-order chi connectivity index (χ1) is 11.3. The zero-order valence-corrected chi connectivity index (χ0v) is 14.5. The topological polar surface area (TPSA) is 87.7 Å². The second kappa shape index (κ2) is 6.16. The summed E-state index contributed by atoms with van der Waals surface area (Å²) in [7, 11) is 0. The number of hydrogen-bond donors (Lipinski definition) is 2. The molecule has 0 atom stereocenters. The van der Waals surface area contributed by atoms with E-state index in [4.69, 9.17) is 0 Å². The average Bonchev–Trinajstić information content (AvgIpc) is 2.99. The first-order valence-electron chi connectivity index (χ1n) is 7.57. The Bertz CT molecular complexity index is 953. The molecule has 24 heavy (non-hydrogen) atoms. The molecule has 0 spiro atoms. The summed E-state index contributed by atoms with van der Waals surface area (Å²) in [5.74, 6) is -0.213. The Morgan fingerprint density at radius 2 is 1.96 bits per heavy atom. The van der Waals surface area contributed by atoms with E-state index < -0.39 is 0 Å². The Balaban J connectivity index is 1.80. The lowest BCUT2D eigenvalue weighted by Crippen LogP contribution is -2.18. The lowest BCUT2D eigenvalue weighted by Gasteiger charge is -2.14. The number of thiazole rings is 1. The van der Waals surface area contributed by atoms with Gasteiger partial charge >= 0.3 is 0 Å². The maximum Gasteiger partial charge on any atom is 0.272 e. The van der Waals surface area contributed by atoms with Crippen molar-refractivity contribution in [2.45, 2.75) is 32.6 Å². The minimum atomic E-state index is -0.260. The molecule has 3 rings (SSSR count). The van der Waals surface area contributed by atoms with Crippen LogP contribution in [0.5, 0.6) is 0 Å². The van der Waals surface area contributed by atoms with Gasteiger partial charge in [0.05, 0.1) is 23.2 Å². The van der Waals surface area contributed by atoms with E-state index in [0.29, 0.717) is 21.6 Å². The zero-order chi connectivity index (χ0) is 17.3. The number of rotatable bonds is 3. The normalized spacial score (nSPS) is 11.6. The van der Waals surface area contributed by atoms with E-state index in [-0.39, 0.29) is 23.3 Å². The van der Waals surface area contributed by atoms with E-state index in [1.54, 1.807) is 18.2 Å². The van der Waals surface area contributed by atoms with Crippen molar-refractivity contribution < 1.29 is 4.79 Å². The summed E-state index contributed by atoms with van der Waals surface area (Å²) in [5, 5.41) is 13.0. The number of nitrogens with zero attached hydrogens (tertiary/aromatic N) is 2. The van der Waals surface area contributed by atoms with Crippen LogP contribution in [0, 0.1) is 0 Å². The summed E-state index contributed by atoms with van der Waals surface area (Å²) in [4.78, 5) is 28.5. The Hall–Kier alpha value is -2.54. The van der Waals surface area contributed by atoms with Gasteiger partial charge in [0.15, 0.2) is 5.13 Å². The Morgan fingerprint density at radius 3 is 2.62 bits per heavy atom. The van der Waals surface area contributed by atoms with E-state index in [1.165, 1.54) is 11.3 Å². The number of carbonyl (C=O) groups is 1. The van der Waals surface area contributed by atoms with Crippen molar-refractivity contribution in [1.82, 2.24) is 15.2 Å². The van der Waals surface area contributed by atoms with Crippen molar-refractivity contribution in [2.75, 3.05) is 5.32 Å². The summed E-state index contributed by atoms with van der Waals surface area (Å²) >= 11 is 1.40. The number of H-pyrrole nitrogens is 1. The first-order valence-corrected chi connectivity index (χ1v) is 8.45. The number of aromatic amines is 1. The number of fused-ring (bicyclic) bond motifs is 1. The highest BCUT2D eigenvalue weighted by Crippen LogP contribution is 2.26. The molecule has 7 heteroatoms. The summed E-state index contributed by atoms with van der Waals surface area (Å²) < 4.78 is 0. The molecule has 1 aromatic carbocycles. The standard InChI is InChI=1S/C17H18N4O2S/c1-17(2,3)13-9-24-16(18-13)19-14(22)8-12-10-6-4-5-7-11(10)15(23)21-20-12/h4-7,9H,8H2,1-3H3,(H,21,23)(H,18,19,22). The van der Waals surface area contributed by atoms with E-state index in [1.807, 2.05) is 11.4 Å².